The molecular weight excluding hydrogens is 403 g/mol. The molecule has 3 N–H and O–H groups in total. The number of esters is 1. The van der Waals surface area contributed by atoms with Crippen molar-refractivity contribution in [1.82, 2.24) is 5.32 Å². The van der Waals surface area contributed by atoms with Crippen LogP contribution in [0.5, 0.6) is 0 Å². The van der Waals surface area contributed by atoms with Crippen LogP contribution in [0.1, 0.15) is 29.8 Å². The van der Waals surface area contributed by atoms with Gasteiger partial charge >= 0.3 is 18.2 Å². The first-order valence-electron chi connectivity index (χ1n) is 8.87. The summed E-state index contributed by atoms with van der Waals surface area (Å²) in [5.74, 6) is -1.86. The Kier molecular flexibility index (Phi) is 7.40. The molecule has 0 atom stereocenters. The normalized spacial score (nSPS) is 11.0. The van der Waals surface area contributed by atoms with E-state index >= 15 is 0 Å². The van der Waals surface area contributed by atoms with E-state index in [-0.39, 0.29) is 17.3 Å². The molecule has 2 aromatic carbocycles. The first-order chi connectivity index (χ1) is 14.1. The fourth-order valence-electron chi connectivity index (χ4n) is 2.43. The van der Waals surface area contributed by atoms with Gasteiger partial charge in [-0.1, -0.05) is 24.3 Å². The van der Waals surface area contributed by atoms with E-state index in [9.17, 15) is 27.6 Å². The maximum Gasteiger partial charge on any atom is 0.418 e. The Balaban J connectivity index is 2.02. The summed E-state index contributed by atoms with van der Waals surface area (Å²) >= 11 is 0. The molecule has 0 spiro atoms. The number of rotatable bonds is 6. The van der Waals surface area contributed by atoms with Crippen LogP contribution >= 0.6 is 0 Å². The van der Waals surface area contributed by atoms with E-state index < -0.39 is 41.9 Å². The van der Waals surface area contributed by atoms with Crippen molar-refractivity contribution in [3.05, 3.63) is 59.7 Å². The van der Waals surface area contributed by atoms with Gasteiger partial charge in [-0.15, -0.1) is 0 Å². The van der Waals surface area contributed by atoms with E-state index in [1.807, 2.05) is 0 Å². The highest BCUT2D eigenvalue weighted by Gasteiger charge is 2.33. The molecule has 0 bridgehead atoms. The number of alkyl halides is 3. The van der Waals surface area contributed by atoms with E-state index in [1.165, 1.54) is 30.3 Å². The Morgan fingerprint density at radius 1 is 0.933 bits per heavy atom. The second kappa shape index (κ2) is 9.77. The Hall–Kier alpha value is -3.56. The van der Waals surface area contributed by atoms with E-state index in [4.69, 9.17) is 4.74 Å². The quantitative estimate of drug-likeness (QED) is 0.611. The second-order valence-corrected chi connectivity index (χ2v) is 6.47. The van der Waals surface area contributed by atoms with Gasteiger partial charge in [0.1, 0.15) is 0 Å². The van der Waals surface area contributed by atoms with Crippen LogP contribution < -0.4 is 16.0 Å². The highest BCUT2D eigenvalue weighted by atomic mass is 19.4. The molecule has 0 fully saturated rings. The average molecular weight is 423 g/mol. The summed E-state index contributed by atoms with van der Waals surface area (Å²) in [4.78, 5) is 36.1. The van der Waals surface area contributed by atoms with E-state index in [2.05, 4.69) is 16.0 Å². The average Bonchev–Trinajstić information content (AvgIpc) is 2.65. The largest absolute Gasteiger partial charge is 0.452 e. The van der Waals surface area contributed by atoms with Crippen LogP contribution in [0.3, 0.4) is 0 Å². The lowest BCUT2D eigenvalue weighted by atomic mass is 10.1. The van der Waals surface area contributed by atoms with Gasteiger partial charge in [-0.25, -0.2) is 9.59 Å². The molecule has 160 valence electrons. The van der Waals surface area contributed by atoms with Gasteiger partial charge in [-0.3, -0.25) is 4.79 Å². The number of carbonyl (C=O) groups excluding carboxylic acids is 3. The van der Waals surface area contributed by atoms with Crippen molar-refractivity contribution < 1.29 is 32.3 Å². The minimum absolute atomic E-state index is 0.0140. The summed E-state index contributed by atoms with van der Waals surface area (Å²) in [7, 11) is 0. The summed E-state index contributed by atoms with van der Waals surface area (Å²) in [6, 6.07) is 9.74. The van der Waals surface area contributed by atoms with Crippen LogP contribution in [-0.4, -0.2) is 30.6 Å². The maximum absolute atomic E-state index is 13.0. The fraction of sp³-hybridized carbons (Fsp3) is 0.250. The van der Waals surface area contributed by atoms with Gasteiger partial charge in [-0.2, -0.15) is 13.2 Å². The molecule has 30 heavy (non-hydrogen) atoms. The lowest BCUT2D eigenvalue weighted by Gasteiger charge is -2.14. The first kappa shape index (κ1) is 22.7. The van der Waals surface area contributed by atoms with Crippen molar-refractivity contribution in [1.29, 1.82) is 0 Å². The van der Waals surface area contributed by atoms with Crippen LogP contribution in [0.4, 0.5) is 29.3 Å². The van der Waals surface area contributed by atoms with Gasteiger partial charge in [-0.05, 0) is 38.1 Å². The monoisotopic (exact) mass is 423 g/mol. The number of anilines is 2. The van der Waals surface area contributed by atoms with Crippen molar-refractivity contribution in [3.8, 4) is 0 Å². The molecule has 2 aromatic rings. The number of hydrogen-bond acceptors (Lipinski definition) is 4. The predicted molar refractivity (Wildman–Crippen MR) is 104 cm³/mol. The molecule has 0 radical (unpaired) electrons. The SMILES string of the molecule is CC(C)NC(=O)Nc1ccccc1C(=O)OCC(=O)Nc1ccccc1C(F)(F)F. The third kappa shape index (κ3) is 6.50. The molecule has 0 aliphatic heterocycles. The molecule has 0 unspecified atom stereocenters. The maximum atomic E-state index is 13.0. The highest BCUT2D eigenvalue weighted by Crippen LogP contribution is 2.34. The summed E-state index contributed by atoms with van der Waals surface area (Å²) in [5, 5.41) is 7.17. The van der Waals surface area contributed by atoms with Gasteiger partial charge in [0, 0.05) is 6.04 Å². The Bertz CT molecular complexity index is 930. The van der Waals surface area contributed by atoms with Gasteiger partial charge in [0.25, 0.3) is 5.91 Å². The van der Waals surface area contributed by atoms with Crippen LogP contribution in [-0.2, 0) is 15.7 Å². The lowest BCUT2D eigenvalue weighted by Crippen LogP contribution is -2.34. The number of benzene rings is 2. The van der Waals surface area contributed by atoms with E-state index in [1.54, 1.807) is 19.9 Å². The van der Waals surface area contributed by atoms with Crippen molar-refractivity contribution in [2.45, 2.75) is 26.1 Å². The number of ether oxygens (including phenoxy) is 1. The molecular formula is C20H20F3N3O4. The van der Waals surface area contributed by atoms with Gasteiger partial charge in [0.05, 0.1) is 22.5 Å². The number of hydrogen-bond donors (Lipinski definition) is 3. The number of halogens is 3. The third-order valence-corrected chi connectivity index (χ3v) is 3.66. The van der Waals surface area contributed by atoms with E-state index in [0.29, 0.717) is 0 Å². The van der Waals surface area contributed by atoms with Gasteiger partial charge in [0.15, 0.2) is 6.61 Å². The molecule has 2 rings (SSSR count). The number of para-hydroxylation sites is 2. The first-order valence-corrected chi connectivity index (χ1v) is 8.87. The topological polar surface area (TPSA) is 96.5 Å². The zero-order valence-corrected chi connectivity index (χ0v) is 16.2. The molecule has 0 aliphatic carbocycles. The summed E-state index contributed by atoms with van der Waals surface area (Å²) < 4.78 is 43.8. The molecule has 0 heterocycles. The number of nitrogens with one attached hydrogen (secondary N) is 3. The molecule has 7 nitrogen and oxygen atoms in total. The number of carbonyl (C=O) groups is 3. The zero-order valence-electron chi connectivity index (χ0n) is 16.2. The van der Waals surface area contributed by atoms with Crippen LogP contribution in [0.2, 0.25) is 0 Å². The minimum Gasteiger partial charge on any atom is -0.452 e. The van der Waals surface area contributed by atoms with E-state index in [0.717, 1.165) is 12.1 Å². The summed E-state index contributed by atoms with van der Waals surface area (Å²) in [5.41, 5.74) is -1.32. The molecule has 0 aromatic heterocycles. The third-order valence-electron chi connectivity index (χ3n) is 3.66. The lowest BCUT2D eigenvalue weighted by molar-refractivity contribution is -0.137. The Morgan fingerprint density at radius 3 is 2.17 bits per heavy atom. The molecule has 0 aliphatic rings. The molecule has 10 heteroatoms. The summed E-state index contributed by atoms with van der Waals surface area (Å²) in [6.45, 7) is 2.71. The van der Waals surface area contributed by atoms with Crippen molar-refractivity contribution >= 4 is 29.3 Å². The standard InChI is InChI=1S/C20H20F3N3O4/c1-12(2)24-19(29)26-15-9-5-3-7-13(15)18(28)30-11-17(27)25-16-10-6-4-8-14(16)20(21,22)23/h3-10,12H,11H2,1-2H3,(H,25,27)(H2,24,26,29). The minimum atomic E-state index is -4.65. The summed E-state index contributed by atoms with van der Waals surface area (Å²) in [6.07, 6.45) is -4.65. The zero-order chi connectivity index (χ0) is 22.3. The van der Waals surface area contributed by atoms with Gasteiger partial charge < -0.3 is 20.7 Å². The highest BCUT2D eigenvalue weighted by molar-refractivity contribution is 6.02. The smallest absolute Gasteiger partial charge is 0.418 e. The number of urea groups is 1. The van der Waals surface area contributed by atoms with Crippen molar-refractivity contribution in [3.63, 3.8) is 0 Å². The Morgan fingerprint density at radius 2 is 1.53 bits per heavy atom. The Labute approximate surface area is 170 Å². The number of amides is 3. The van der Waals surface area contributed by atoms with Crippen LogP contribution in [0.15, 0.2) is 48.5 Å². The molecule has 0 saturated carbocycles. The molecule has 0 saturated heterocycles. The van der Waals surface area contributed by atoms with Crippen LogP contribution in [0, 0.1) is 0 Å². The van der Waals surface area contributed by atoms with Crippen LogP contribution in [0.25, 0.3) is 0 Å². The fourth-order valence-corrected chi connectivity index (χ4v) is 2.43. The predicted octanol–water partition coefficient (Wildman–Crippen LogP) is 4.03. The van der Waals surface area contributed by atoms with Crippen molar-refractivity contribution in [2.24, 2.45) is 0 Å². The van der Waals surface area contributed by atoms with Gasteiger partial charge in [0.2, 0.25) is 0 Å². The second-order valence-electron chi connectivity index (χ2n) is 6.47. The van der Waals surface area contributed by atoms with Crippen molar-refractivity contribution in [2.75, 3.05) is 17.2 Å². The molecule has 3 amide bonds.